The van der Waals surface area contributed by atoms with Crippen LogP contribution < -0.4 is 5.73 Å². The molecule has 0 aliphatic heterocycles. The lowest BCUT2D eigenvalue weighted by molar-refractivity contribution is 0.0748. The number of nitrogens with two attached hydrogens (primary N) is 1. The summed E-state index contributed by atoms with van der Waals surface area (Å²) in [5.74, 6) is -0.109. The van der Waals surface area contributed by atoms with Crippen LogP contribution in [0.3, 0.4) is 0 Å². The van der Waals surface area contributed by atoms with E-state index in [1.807, 2.05) is 6.92 Å². The molecule has 0 bridgehead atoms. The molecule has 2 N–H and O–H groups in total. The Balaban J connectivity index is 2.89. The van der Waals surface area contributed by atoms with Gasteiger partial charge in [-0.2, -0.15) is 0 Å². The molecule has 1 amide bonds. The van der Waals surface area contributed by atoms with Gasteiger partial charge in [0.25, 0.3) is 5.91 Å². The maximum Gasteiger partial charge on any atom is 0.253 e. The molecular weight excluding hydrogens is 336 g/mol. The van der Waals surface area contributed by atoms with Gasteiger partial charge in [0.2, 0.25) is 0 Å². The van der Waals surface area contributed by atoms with Gasteiger partial charge in [-0.25, -0.2) is 0 Å². The molecule has 0 spiro atoms. The predicted molar refractivity (Wildman–Crippen MR) is 82.1 cm³/mol. The monoisotopic (exact) mass is 348 g/mol. The summed E-state index contributed by atoms with van der Waals surface area (Å²) in [7, 11) is 1.72. The molecule has 18 heavy (non-hydrogen) atoms. The van der Waals surface area contributed by atoms with Gasteiger partial charge in [-0.1, -0.05) is 39.7 Å². The molecule has 0 aromatic heterocycles. The summed E-state index contributed by atoms with van der Waals surface area (Å²) in [6.45, 7) is 1.90. The van der Waals surface area contributed by atoms with Gasteiger partial charge in [0.05, 0.1) is 4.99 Å². The highest BCUT2D eigenvalue weighted by atomic mass is 79.9. The van der Waals surface area contributed by atoms with Gasteiger partial charge in [0.15, 0.2) is 0 Å². The lowest BCUT2D eigenvalue weighted by Gasteiger charge is -2.24. The van der Waals surface area contributed by atoms with Gasteiger partial charge in [0, 0.05) is 34.6 Å². The predicted octanol–water partition coefficient (Wildman–Crippen LogP) is 3.24. The fourth-order valence-corrected chi connectivity index (χ4v) is 2.61. The van der Waals surface area contributed by atoms with Crippen LogP contribution in [-0.2, 0) is 0 Å². The van der Waals surface area contributed by atoms with E-state index >= 15 is 0 Å². The number of carbonyl (C=O) groups excluding carboxylic acids is 1. The Labute approximate surface area is 125 Å². The number of amides is 1. The van der Waals surface area contributed by atoms with E-state index in [0.717, 1.165) is 4.47 Å². The number of hydrogen-bond donors (Lipinski definition) is 1. The van der Waals surface area contributed by atoms with E-state index in [4.69, 9.17) is 29.6 Å². The Bertz CT molecular complexity index is 461. The molecule has 0 aliphatic carbocycles. The molecule has 98 valence electrons. The highest BCUT2D eigenvalue weighted by molar-refractivity contribution is 9.10. The molecule has 3 nitrogen and oxygen atoms in total. The summed E-state index contributed by atoms with van der Waals surface area (Å²) in [6, 6.07) is 5.06. The quantitative estimate of drug-likeness (QED) is 0.849. The molecule has 0 aliphatic rings. The van der Waals surface area contributed by atoms with Crippen LogP contribution in [0.25, 0.3) is 0 Å². The molecule has 0 heterocycles. The number of carbonyl (C=O) groups is 1. The van der Waals surface area contributed by atoms with Crippen LogP contribution in [0.5, 0.6) is 0 Å². The maximum absolute atomic E-state index is 12.2. The zero-order chi connectivity index (χ0) is 13.9. The first-order chi connectivity index (χ1) is 8.31. The standard InChI is InChI=1S/C12H14BrClN2OS/c1-7(3-11(15)18)16(2)12(17)8-4-9(13)6-10(14)5-8/h4-7H,3H2,1-2H3,(H2,15,18). The van der Waals surface area contributed by atoms with Crippen LogP contribution >= 0.6 is 39.7 Å². The first-order valence-electron chi connectivity index (χ1n) is 5.33. The number of halogens is 2. The SMILES string of the molecule is CC(CC(N)=S)N(C)C(=O)c1cc(Cl)cc(Br)c1. The number of thiocarbonyl (C=S) groups is 1. The van der Waals surface area contributed by atoms with E-state index in [1.165, 1.54) is 0 Å². The third-order valence-electron chi connectivity index (χ3n) is 2.59. The van der Waals surface area contributed by atoms with Crippen LogP contribution in [0.4, 0.5) is 0 Å². The molecule has 1 rings (SSSR count). The largest absolute Gasteiger partial charge is 0.393 e. The Morgan fingerprint density at radius 2 is 2.17 bits per heavy atom. The fraction of sp³-hybridized carbons (Fsp3) is 0.333. The van der Waals surface area contributed by atoms with Gasteiger partial charge in [-0.05, 0) is 25.1 Å². The minimum atomic E-state index is -0.109. The maximum atomic E-state index is 12.2. The average Bonchev–Trinajstić information content (AvgIpc) is 2.24. The summed E-state index contributed by atoms with van der Waals surface area (Å²) >= 11 is 14.1. The second-order valence-electron chi connectivity index (χ2n) is 4.09. The van der Waals surface area contributed by atoms with Crippen molar-refractivity contribution in [1.82, 2.24) is 4.90 Å². The van der Waals surface area contributed by atoms with Crippen molar-refractivity contribution in [3.63, 3.8) is 0 Å². The lowest BCUT2D eigenvalue weighted by Crippen LogP contribution is -2.37. The zero-order valence-corrected chi connectivity index (χ0v) is 13.3. The minimum absolute atomic E-state index is 0.0484. The third kappa shape index (κ3) is 4.23. The molecule has 0 radical (unpaired) electrons. The molecule has 1 aromatic rings. The molecule has 0 saturated heterocycles. The van der Waals surface area contributed by atoms with Crippen molar-refractivity contribution >= 4 is 50.6 Å². The summed E-state index contributed by atoms with van der Waals surface area (Å²) in [6.07, 6.45) is 0.499. The van der Waals surface area contributed by atoms with E-state index in [1.54, 1.807) is 30.1 Å². The first-order valence-corrected chi connectivity index (χ1v) is 6.90. The molecule has 0 fully saturated rings. The smallest absolute Gasteiger partial charge is 0.253 e. The van der Waals surface area contributed by atoms with Crippen molar-refractivity contribution in [3.05, 3.63) is 33.3 Å². The zero-order valence-electron chi connectivity index (χ0n) is 10.1. The minimum Gasteiger partial charge on any atom is -0.393 e. The van der Waals surface area contributed by atoms with Crippen LogP contribution in [0.15, 0.2) is 22.7 Å². The first kappa shape index (κ1) is 15.4. The van der Waals surface area contributed by atoms with E-state index < -0.39 is 0 Å². The normalized spacial score (nSPS) is 12.0. The summed E-state index contributed by atoms with van der Waals surface area (Å²) in [5.41, 5.74) is 6.02. The molecule has 6 heteroatoms. The summed E-state index contributed by atoms with van der Waals surface area (Å²) in [4.78, 5) is 14.2. The molecule has 1 aromatic carbocycles. The van der Waals surface area contributed by atoms with E-state index in [2.05, 4.69) is 15.9 Å². The van der Waals surface area contributed by atoms with Gasteiger partial charge in [0.1, 0.15) is 0 Å². The van der Waals surface area contributed by atoms with Crippen LogP contribution in [0, 0.1) is 0 Å². The number of hydrogen-bond acceptors (Lipinski definition) is 2. The van der Waals surface area contributed by atoms with Crippen molar-refractivity contribution in [2.45, 2.75) is 19.4 Å². The lowest BCUT2D eigenvalue weighted by atomic mass is 10.1. The molecular formula is C12H14BrClN2OS. The number of rotatable bonds is 4. The highest BCUT2D eigenvalue weighted by Gasteiger charge is 2.18. The molecule has 0 saturated carbocycles. The Hall–Kier alpha value is -0.650. The number of benzene rings is 1. The van der Waals surface area contributed by atoms with Gasteiger partial charge >= 0.3 is 0 Å². The van der Waals surface area contributed by atoms with Crippen molar-refractivity contribution in [2.24, 2.45) is 5.73 Å². The Kier molecular flexibility index (Phi) is 5.56. The van der Waals surface area contributed by atoms with Crippen LogP contribution in [0.2, 0.25) is 5.02 Å². The molecule has 1 unspecified atom stereocenters. The van der Waals surface area contributed by atoms with E-state index in [0.29, 0.717) is 22.0 Å². The average molecular weight is 350 g/mol. The van der Waals surface area contributed by atoms with Gasteiger partial charge < -0.3 is 10.6 Å². The summed E-state index contributed by atoms with van der Waals surface area (Å²) in [5, 5.41) is 0.517. The fourth-order valence-electron chi connectivity index (χ4n) is 1.51. The second kappa shape index (κ2) is 6.50. The van der Waals surface area contributed by atoms with E-state index in [9.17, 15) is 4.79 Å². The second-order valence-corrected chi connectivity index (χ2v) is 5.97. The van der Waals surface area contributed by atoms with Gasteiger partial charge in [-0.15, -0.1) is 0 Å². The van der Waals surface area contributed by atoms with Crippen LogP contribution in [-0.4, -0.2) is 28.9 Å². The topological polar surface area (TPSA) is 46.3 Å². The van der Waals surface area contributed by atoms with Crippen molar-refractivity contribution in [1.29, 1.82) is 0 Å². The highest BCUT2D eigenvalue weighted by Crippen LogP contribution is 2.21. The number of nitrogens with zero attached hydrogens (tertiary/aromatic N) is 1. The summed E-state index contributed by atoms with van der Waals surface area (Å²) < 4.78 is 0.772. The molecule has 1 atom stereocenters. The van der Waals surface area contributed by atoms with E-state index in [-0.39, 0.29) is 11.9 Å². The van der Waals surface area contributed by atoms with Crippen molar-refractivity contribution in [3.8, 4) is 0 Å². The Morgan fingerprint density at radius 3 is 2.67 bits per heavy atom. The Morgan fingerprint density at radius 1 is 1.56 bits per heavy atom. The van der Waals surface area contributed by atoms with Crippen molar-refractivity contribution < 1.29 is 4.79 Å². The third-order valence-corrected chi connectivity index (χ3v) is 3.43. The van der Waals surface area contributed by atoms with Crippen molar-refractivity contribution in [2.75, 3.05) is 7.05 Å². The van der Waals surface area contributed by atoms with Gasteiger partial charge in [-0.3, -0.25) is 4.79 Å². The van der Waals surface area contributed by atoms with Crippen LogP contribution in [0.1, 0.15) is 23.7 Å².